The summed E-state index contributed by atoms with van der Waals surface area (Å²) in [6.07, 6.45) is 15.4. The first-order valence-corrected chi connectivity index (χ1v) is 11.4. The van der Waals surface area contributed by atoms with Gasteiger partial charge < -0.3 is 9.80 Å². The van der Waals surface area contributed by atoms with Gasteiger partial charge in [0.15, 0.2) is 0 Å². The zero-order valence-electron chi connectivity index (χ0n) is 18.6. The highest BCUT2D eigenvalue weighted by molar-refractivity contribution is 5.83. The summed E-state index contributed by atoms with van der Waals surface area (Å²) < 4.78 is 15.1. The monoisotopic (exact) mass is 389 g/mol. The van der Waals surface area contributed by atoms with E-state index >= 15 is 4.39 Å². The predicted molar refractivity (Wildman–Crippen MR) is 119 cm³/mol. The number of rotatable bonds is 12. The Morgan fingerprint density at radius 1 is 0.964 bits per heavy atom. The van der Waals surface area contributed by atoms with Gasteiger partial charge in [0, 0.05) is 31.0 Å². The molecule has 0 aromatic carbocycles. The molecule has 0 spiro atoms. The van der Waals surface area contributed by atoms with Gasteiger partial charge in [0.25, 0.3) is 0 Å². The number of hydrogen-bond acceptors (Lipinski definition) is 3. The summed E-state index contributed by atoms with van der Waals surface area (Å²) in [6.45, 7) is 11.3. The van der Waals surface area contributed by atoms with Crippen LogP contribution in [0.2, 0.25) is 0 Å². The Kier molecular flexibility index (Phi) is 9.80. The van der Waals surface area contributed by atoms with Gasteiger partial charge in [0.1, 0.15) is 11.7 Å². The molecule has 3 nitrogen and oxygen atoms in total. The van der Waals surface area contributed by atoms with Crippen LogP contribution < -0.4 is 0 Å². The molecule has 0 amide bonds. The lowest BCUT2D eigenvalue weighted by Crippen LogP contribution is -2.33. The van der Waals surface area contributed by atoms with E-state index in [9.17, 15) is 0 Å². The average molecular weight is 390 g/mol. The highest BCUT2D eigenvalue weighted by atomic mass is 19.1. The van der Waals surface area contributed by atoms with Crippen molar-refractivity contribution in [1.82, 2.24) is 9.80 Å². The van der Waals surface area contributed by atoms with Crippen molar-refractivity contribution in [2.45, 2.75) is 91.9 Å². The van der Waals surface area contributed by atoms with E-state index < -0.39 is 0 Å². The zero-order valence-corrected chi connectivity index (χ0v) is 18.6. The molecule has 28 heavy (non-hydrogen) atoms. The summed E-state index contributed by atoms with van der Waals surface area (Å²) in [6, 6.07) is 0. The molecule has 2 rings (SSSR count). The average Bonchev–Trinajstić information content (AvgIpc) is 2.67. The number of hydrogen-bond donors (Lipinski definition) is 0. The van der Waals surface area contributed by atoms with Crippen LogP contribution in [0.3, 0.4) is 0 Å². The van der Waals surface area contributed by atoms with Gasteiger partial charge in [-0.25, -0.2) is 9.38 Å². The van der Waals surface area contributed by atoms with Crippen molar-refractivity contribution in [2.75, 3.05) is 19.6 Å². The number of amidine groups is 1. The molecule has 0 aromatic heterocycles. The van der Waals surface area contributed by atoms with Crippen molar-refractivity contribution in [3.63, 3.8) is 0 Å². The Bertz CT molecular complexity index is 603. The van der Waals surface area contributed by atoms with E-state index in [0.717, 1.165) is 68.2 Å². The molecule has 0 aromatic rings. The normalized spacial score (nSPS) is 17.5. The molecule has 1 heterocycles. The molecule has 0 bridgehead atoms. The van der Waals surface area contributed by atoms with Crippen LogP contribution in [0.1, 0.15) is 91.9 Å². The Labute approximate surface area is 172 Å². The van der Waals surface area contributed by atoms with Crippen LogP contribution in [-0.2, 0) is 0 Å². The minimum absolute atomic E-state index is 0.0358. The van der Waals surface area contributed by atoms with E-state index in [4.69, 9.17) is 0 Å². The molecule has 0 radical (unpaired) electrons. The van der Waals surface area contributed by atoms with Gasteiger partial charge in [-0.2, -0.15) is 0 Å². The van der Waals surface area contributed by atoms with Crippen LogP contribution in [0.5, 0.6) is 0 Å². The fraction of sp³-hybridized carbons (Fsp3) is 0.708. The van der Waals surface area contributed by atoms with Crippen molar-refractivity contribution in [3.8, 4) is 0 Å². The van der Waals surface area contributed by atoms with E-state index in [1.807, 2.05) is 13.8 Å². The van der Waals surface area contributed by atoms with Crippen LogP contribution in [0.15, 0.2) is 40.1 Å². The maximum atomic E-state index is 15.1. The number of nitrogens with zero attached hydrogens (tertiary/aromatic N) is 3. The van der Waals surface area contributed by atoms with E-state index in [1.165, 1.54) is 38.5 Å². The van der Waals surface area contributed by atoms with Crippen LogP contribution in [-0.4, -0.2) is 35.3 Å². The van der Waals surface area contributed by atoms with Gasteiger partial charge in [-0.1, -0.05) is 52.4 Å². The number of unbranched alkanes of at least 4 members (excludes halogenated alkanes) is 6. The highest BCUT2D eigenvalue weighted by Crippen LogP contribution is 2.31. The summed E-state index contributed by atoms with van der Waals surface area (Å²) in [7, 11) is 0. The summed E-state index contributed by atoms with van der Waals surface area (Å²) in [5.41, 5.74) is 3.03. The summed E-state index contributed by atoms with van der Waals surface area (Å²) in [4.78, 5) is 9.04. The van der Waals surface area contributed by atoms with Crippen LogP contribution in [0.25, 0.3) is 0 Å². The van der Waals surface area contributed by atoms with Crippen molar-refractivity contribution in [2.24, 2.45) is 4.99 Å². The molecule has 1 aliphatic carbocycles. The Hall–Kier alpha value is -1.58. The van der Waals surface area contributed by atoms with Gasteiger partial charge in [0.05, 0.1) is 5.70 Å². The molecule has 0 saturated heterocycles. The van der Waals surface area contributed by atoms with E-state index in [2.05, 4.69) is 34.7 Å². The third-order valence-corrected chi connectivity index (χ3v) is 5.78. The van der Waals surface area contributed by atoms with Gasteiger partial charge in [-0.15, -0.1) is 0 Å². The lowest BCUT2D eigenvalue weighted by Gasteiger charge is -2.34. The molecule has 0 unspecified atom stereocenters. The SMILES string of the molecule is CCCCCCN(CCCCCC)C1=C(F)C=C(N2CC=C(C)N=C2C)CC1. The van der Waals surface area contributed by atoms with Gasteiger partial charge >= 0.3 is 0 Å². The van der Waals surface area contributed by atoms with Crippen molar-refractivity contribution >= 4 is 5.84 Å². The second kappa shape index (κ2) is 12.1. The van der Waals surface area contributed by atoms with E-state index in [-0.39, 0.29) is 5.83 Å². The molecule has 4 heteroatoms. The smallest absolute Gasteiger partial charge is 0.144 e. The predicted octanol–water partition coefficient (Wildman–Crippen LogP) is 6.95. The second-order valence-corrected chi connectivity index (χ2v) is 8.15. The van der Waals surface area contributed by atoms with Crippen molar-refractivity contribution in [3.05, 3.63) is 35.1 Å². The Morgan fingerprint density at radius 3 is 2.14 bits per heavy atom. The minimum Gasteiger partial charge on any atom is -0.372 e. The number of allylic oxidation sites excluding steroid dienone is 5. The molecule has 0 saturated carbocycles. The fourth-order valence-corrected chi connectivity index (χ4v) is 4.07. The lowest BCUT2D eigenvalue weighted by molar-refractivity contribution is 0.298. The third kappa shape index (κ3) is 6.79. The summed E-state index contributed by atoms with van der Waals surface area (Å²) >= 11 is 0. The molecule has 158 valence electrons. The fourth-order valence-electron chi connectivity index (χ4n) is 4.07. The van der Waals surface area contributed by atoms with Crippen molar-refractivity contribution < 1.29 is 4.39 Å². The second-order valence-electron chi connectivity index (χ2n) is 8.15. The lowest BCUT2D eigenvalue weighted by atomic mass is 10.0. The maximum absolute atomic E-state index is 15.1. The first-order valence-electron chi connectivity index (χ1n) is 11.4. The van der Waals surface area contributed by atoms with Crippen LogP contribution >= 0.6 is 0 Å². The summed E-state index contributed by atoms with van der Waals surface area (Å²) in [5, 5.41) is 0. The van der Waals surface area contributed by atoms with Gasteiger partial charge in [0.2, 0.25) is 0 Å². The molecule has 0 fully saturated rings. The highest BCUT2D eigenvalue weighted by Gasteiger charge is 2.23. The molecular formula is C24H40FN3. The topological polar surface area (TPSA) is 18.8 Å². The van der Waals surface area contributed by atoms with Crippen LogP contribution in [0.4, 0.5) is 4.39 Å². The standard InChI is InChI=1S/C24H40FN3/c1-5-7-9-11-16-27(17-12-10-8-6-2)24-14-13-22(19-23(24)25)28-18-15-20(3)26-21(28)4/h15,19H,5-14,16-18H2,1-4H3. The first kappa shape index (κ1) is 22.7. The van der Waals surface area contributed by atoms with E-state index in [1.54, 1.807) is 6.08 Å². The molecule has 1 aliphatic heterocycles. The largest absolute Gasteiger partial charge is 0.372 e. The minimum atomic E-state index is -0.0358. The van der Waals surface area contributed by atoms with Crippen molar-refractivity contribution in [1.29, 1.82) is 0 Å². The van der Waals surface area contributed by atoms with Gasteiger partial charge in [-0.3, -0.25) is 0 Å². The van der Waals surface area contributed by atoms with Gasteiger partial charge in [-0.05, 0) is 51.7 Å². The zero-order chi connectivity index (χ0) is 20.4. The summed E-state index contributed by atoms with van der Waals surface area (Å²) in [5.74, 6) is 0.935. The molecular weight excluding hydrogens is 349 g/mol. The first-order chi connectivity index (χ1) is 13.6. The number of halogens is 1. The maximum Gasteiger partial charge on any atom is 0.144 e. The Morgan fingerprint density at radius 2 is 1.61 bits per heavy atom. The Balaban J connectivity index is 2.06. The van der Waals surface area contributed by atoms with E-state index in [0.29, 0.717) is 0 Å². The number of aliphatic imine (C=N–C) groups is 1. The molecule has 0 atom stereocenters. The van der Waals surface area contributed by atoms with Crippen LogP contribution in [0, 0.1) is 0 Å². The third-order valence-electron chi connectivity index (χ3n) is 5.78. The molecule has 2 aliphatic rings. The molecule has 0 N–H and O–H groups in total. The quantitative estimate of drug-likeness (QED) is 0.336.